The normalized spacial score (nSPS) is 24.6. The van der Waals surface area contributed by atoms with E-state index in [2.05, 4.69) is 17.6 Å². The van der Waals surface area contributed by atoms with Crippen LogP contribution in [0, 0.1) is 11.8 Å². The number of hydrogen-bond acceptors (Lipinski definition) is 3. The van der Waals surface area contributed by atoms with Crippen LogP contribution in [0.3, 0.4) is 0 Å². The fourth-order valence-electron chi connectivity index (χ4n) is 2.35. The van der Waals surface area contributed by atoms with Gasteiger partial charge in [-0.25, -0.2) is 9.59 Å². The number of carboxylic acid groups (broad SMARTS) is 1. The van der Waals surface area contributed by atoms with Gasteiger partial charge in [0, 0.05) is 19.6 Å². The van der Waals surface area contributed by atoms with E-state index < -0.39 is 18.0 Å². The molecule has 1 aliphatic carbocycles. The molecule has 1 rings (SSSR count). The van der Waals surface area contributed by atoms with Crippen LogP contribution in [0.1, 0.15) is 32.6 Å². The molecular weight excluding hydrogens is 236 g/mol. The van der Waals surface area contributed by atoms with Crippen molar-refractivity contribution in [3.8, 4) is 0 Å². The number of aliphatic hydroxyl groups excluding tert-OH is 1. The van der Waals surface area contributed by atoms with E-state index in [1.165, 1.54) is 12.8 Å². The number of nitrogens with one attached hydrogen (secondary N) is 2. The molecule has 0 bridgehead atoms. The second-order valence-electron chi connectivity index (χ2n) is 4.93. The van der Waals surface area contributed by atoms with E-state index in [1.807, 2.05) is 0 Å². The SMILES string of the molecule is CC1CCCC1CNC(=O)NC(CCO)C(=O)O. The molecule has 3 unspecified atom stereocenters. The van der Waals surface area contributed by atoms with Gasteiger partial charge in [0.1, 0.15) is 6.04 Å². The van der Waals surface area contributed by atoms with Gasteiger partial charge in [0.05, 0.1) is 0 Å². The first-order valence-electron chi connectivity index (χ1n) is 6.42. The summed E-state index contributed by atoms with van der Waals surface area (Å²) in [6.45, 7) is 2.48. The summed E-state index contributed by atoms with van der Waals surface area (Å²) in [6, 6.07) is -1.51. The maximum atomic E-state index is 11.5. The van der Waals surface area contributed by atoms with Crippen LogP contribution in [0.2, 0.25) is 0 Å². The third-order valence-corrected chi connectivity index (χ3v) is 3.59. The molecule has 2 amide bonds. The topological polar surface area (TPSA) is 98.7 Å². The van der Waals surface area contributed by atoms with Gasteiger partial charge in [-0.15, -0.1) is 0 Å². The highest BCUT2D eigenvalue weighted by Gasteiger charge is 2.24. The summed E-state index contributed by atoms with van der Waals surface area (Å²) in [5.41, 5.74) is 0. The molecule has 104 valence electrons. The minimum absolute atomic E-state index is 0.0165. The maximum Gasteiger partial charge on any atom is 0.326 e. The van der Waals surface area contributed by atoms with Crippen molar-refractivity contribution in [2.45, 2.75) is 38.6 Å². The van der Waals surface area contributed by atoms with E-state index in [1.54, 1.807) is 0 Å². The highest BCUT2D eigenvalue weighted by atomic mass is 16.4. The number of carboxylic acids is 1. The number of aliphatic carboxylic acids is 1. The van der Waals surface area contributed by atoms with Crippen LogP contribution < -0.4 is 10.6 Å². The maximum absolute atomic E-state index is 11.5. The Bertz CT molecular complexity index is 296. The molecule has 1 saturated carbocycles. The Balaban J connectivity index is 2.29. The van der Waals surface area contributed by atoms with Crippen molar-refractivity contribution >= 4 is 12.0 Å². The van der Waals surface area contributed by atoms with Gasteiger partial charge in [-0.1, -0.05) is 19.8 Å². The monoisotopic (exact) mass is 258 g/mol. The number of aliphatic hydroxyl groups is 1. The lowest BCUT2D eigenvalue weighted by Crippen LogP contribution is -2.47. The van der Waals surface area contributed by atoms with Crippen LogP contribution in [-0.2, 0) is 4.79 Å². The minimum atomic E-state index is -1.13. The minimum Gasteiger partial charge on any atom is -0.480 e. The molecule has 0 saturated heterocycles. The highest BCUT2D eigenvalue weighted by Crippen LogP contribution is 2.30. The molecule has 6 heteroatoms. The average Bonchev–Trinajstić information content (AvgIpc) is 2.71. The molecule has 0 aromatic heterocycles. The fraction of sp³-hybridized carbons (Fsp3) is 0.833. The molecule has 0 heterocycles. The number of amides is 2. The van der Waals surface area contributed by atoms with Crippen LogP contribution in [-0.4, -0.2) is 41.4 Å². The van der Waals surface area contributed by atoms with Crippen molar-refractivity contribution < 1.29 is 19.8 Å². The van der Waals surface area contributed by atoms with E-state index in [0.717, 1.165) is 6.42 Å². The van der Waals surface area contributed by atoms with Gasteiger partial charge < -0.3 is 20.8 Å². The molecule has 0 spiro atoms. The van der Waals surface area contributed by atoms with E-state index in [-0.39, 0.29) is 13.0 Å². The van der Waals surface area contributed by atoms with Crippen LogP contribution in [0.25, 0.3) is 0 Å². The summed E-state index contributed by atoms with van der Waals surface area (Å²) in [5, 5.41) is 22.6. The third kappa shape index (κ3) is 4.52. The molecule has 1 aliphatic rings. The molecule has 0 aliphatic heterocycles. The molecule has 1 fully saturated rings. The quantitative estimate of drug-likeness (QED) is 0.559. The summed E-state index contributed by atoms with van der Waals surface area (Å²) in [7, 11) is 0. The van der Waals surface area contributed by atoms with Crippen molar-refractivity contribution in [3.63, 3.8) is 0 Å². The zero-order valence-electron chi connectivity index (χ0n) is 10.7. The fourth-order valence-corrected chi connectivity index (χ4v) is 2.35. The average molecular weight is 258 g/mol. The van der Waals surface area contributed by atoms with Crippen LogP contribution in [0.5, 0.6) is 0 Å². The Hall–Kier alpha value is -1.30. The standard InChI is InChI=1S/C12H22N2O4/c1-8-3-2-4-9(8)7-13-12(18)14-10(5-6-15)11(16)17/h8-10,15H,2-7H2,1H3,(H,16,17)(H2,13,14,18). The largest absolute Gasteiger partial charge is 0.480 e. The van der Waals surface area contributed by atoms with Gasteiger partial charge in [-0.3, -0.25) is 0 Å². The van der Waals surface area contributed by atoms with Crippen LogP contribution in [0.15, 0.2) is 0 Å². The summed E-state index contributed by atoms with van der Waals surface area (Å²) in [4.78, 5) is 22.3. The van der Waals surface area contributed by atoms with Crippen LogP contribution >= 0.6 is 0 Å². The number of carbonyl (C=O) groups is 2. The van der Waals surface area contributed by atoms with E-state index in [4.69, 9.17) is 10.2 Å². The number of rotatable bonds is 6. The molecule has 0 aromatic carbocycles. The van der Waals surface area contributed by atoms with Crippen LogP contribution in [0.4, 0.5) is 4.79 Å². The summed E-state index contributed by atoms with van der Waals surface area (Å²) in [6.07, 6.45) is 3.51. The Labute approximate surface area is 107 Å². The first-order chi connectivity index (χ1) is 8.54. The highest BCUT2D eigenvalue weighted by molar-refractivity contribution is 5.82. The van der Waals surface area contributed by atoms with Gasteiger partial charge in [0.2, 0.25) is 0 Å². The second-order valence-corrected chi connectivity index (χ2v) is 4.93. The summed E-state index contributed by atoms with van der Waals surface area (Å²) in [5.74, 6) is -0.0386. The molecule has 3 atom stereocenters. The van der Waals surface area contributed by atoms with Gasteiger partial charge in [-0.2, -0.15) is 0 Å². The first kappa shape index (κ1) is 14.8. The van der Waals surface area contributed by atoms with Crippen molar-refractivity contribution in [1.82, 2.24) is 10.6 Å². The Morgan fingerprint density at radius 3 is 2.61 bits per heavy atom. The number of carbonyl (C=O) groups excluding carboxylic acids is 1. The Kier molecular flexibility index (Phi) is 5.91. The summed E-state index contributed by atoms with van der Waals surface area (Å²) < 4.78 is 0. The predicted octanol–water partition coefficient (Wildman–Crippen LogP) is 0.557. The van der Waals surface area contributed by atoms with Crippen molar-refractivity contribution in [2.75, 3.05) is 13.2 Å². The lowest BCUT2D eigenvalue weighted by Gasteiger charge is -2.18. The van der Waals surface area contributed by atoms with Crippen molar-refractivity contribution in [2.24, 2.45) is 11.8 Å². The van der Waals surface area contributed by atoms with Crippen molar-refractivity contribution in [1.29, 1.82) is 0 Å². The van der Waals surface area contributed by atoms with Gasteiger partial charge in [-0.05, 0) is 18.3 Å². The van der Waals surface area contributed by atoms with Gasteiger partial charge >= 0.3 is 12.0 Å². The number of hydrogen-bond donors (Lipinski definition) is 4. The molecule has 4 N–H and O–H groups in total. The first-order valence-corrected chi connectivity index (χ1v) is 6.42. The lowest BCUT2D eigenvalue weighted by molar-refractivity contribution is -0.139. The Morgan fingerprint density at radius 2 is 2.11 bits per heavy atom. The molecule has 0 aromatic rings. The van der Waals surface area contributed by atoms with E-state index in [9.17, 15) is 9.59 Å². The molecular formula is C12H22N2O4. The van der Waals surface area contributed by atoms with E-state index >= 15 is 0 Å². The second kappa shape index (κ2) is 7.20. The summed E-state index contributed by atoms with van der Waals surface area (Å²) >= 11 is 0. The molecule has 6 nitrogen and oxygen atoms in total. The smallest absolute Gasteiger partial charge is 0.326 e. The predicted molar refractivity (Wildman–Crippen MR) is 66.2 cm³/mol. The lowest BCUT2D eigenvalue weighted by atomic mass is 9.98. The zero-order valence-corrected chi connectivity index (χ0v) is 10.7. The van der Waals surface area contributed by atoms with E-state index in [0.29, 0.717) is 18.4 Å². The molecule has 18 heavy (non-hydrogen) atoms. The third-order valence-electron chi connectivity index (χ3n) is 3.59. The number of urea groups is 1. The van der Waals surface area contributed by atoms with Gasteiger partial charge in [0.25, 0.3) is 0 Å². The Morgan fingerprint density at radius 1 is 1.39 bits per heavy atom. The van der Waals surface area contributed by atoms with Gasteiger partial charge in [0.15, 0.2) is 0 Å². The molecule has 0 radical (unpaired) electrons. The van der Waals surface area contributed by atoms with Crippen molar-refractivity contribution in [3.05, 3.63) is 0 Å². The zero-order chi connectivity index (χ0) is 13.5.